The van der Waals surface area contributed by atoms with Crippen LogP contribution in [0.5, 0.6) is 11.5 Å². The van der Waals surface area contributed by atoms with Gasteiger partial charge < -0.3 is 20.3 Å². The van der Waals surface area contributed by atoms with Crippen molar-refractivity contribution in [3.8, 4) is 11.5 Å². The summed E-state index contributed by atoms with van der Waals surface area (Å²) < 4.78 is 10.6. The van der Waals surface area contributed by atoms with Gasteiger partial charge in [-0.3, -0.25) is 0 Å². The average Bonchev–Trinajstić information content (AvgIpc) is 2.42. The highest BCUT2D eigenvalue weighted by atomic mass is 16.5. The Balaban J connectivity index is 2.98. The fourth-order valence-electron chi connectivity index (χ4n) is 1.99. The molecule has 1 aromatic rings. The van der Waals surface area contributed by atoms with Crippen LogP contribution in [0.4, 0.5) is 0 Å². The van der Waals surface area contributed by atoms with E-state index >= 15 is 0 Å². The van der Waals surface area contributed by atoms with Crippen LogP contribution < -0.4 is 15.2 Å². The van der Waals surface area contributed by atoms with Gasteiger partial charge in [-0.2, -0.15) is 0 Å². The van der Waals surface area contributed by atoms with Crippen LogP contribution >= 0.6 is 0 Å². The topological polar surface area (TPSA) is 64.7 Å². The zero-order valence-electron chi connectivity index (χ0n) is 11.3. The van der Waals surface area contributed by atoms with Gasteiger partial charge in [0.15, 0.2) is 0 Å². The maximum atomic E-state index is 10.1. The molecule has 3 N–H and O–H groups in total. The van der Waals surface area contributed by atoms with Gasteiger partial charge >= 0.3 is 0 Å². The molecule has 0 aliphatic carbocycles. The van der Waals surface area contributed by atoms with Crippen LogP contribution in [0.15, 0.2) is 18.2 Å². The van der Waals surface area contributed by atoms with Gasteiger partial charge in [-0.05, 0) is 18.6 Å². The van der Waals surface area contributed by atoms with Crippen molar-refractivity contribution in [1.82, 2.24) is 0 Å². The lowest BCUT2D eigenvalue weighted by Gasteiger charge is -2.23. The van der Waals surface area contributed by atoms with Gasteiger partial charge in [0.2, 0.25) is 0 Å². The Labute approximate surface area is 109 Å². The Bertz CT molecular complexity index is 346. The van der Waals surface area contributed by atoms with Crippen LogP contribution in [-0.4, -0.2) is 25.4 Å². The van der Waals surface area contributed by atoms with Gasteiger partial charge in [0.1, 0.15) is 11.5 Å². The lowest BCUT2D eigenvalue weighted by molar-refractivity contribution is 0.130. The molecule has 0 amide bonds. The second-order valence-corrected chi connectivity index (χ2v) is 4.31. The molecule has 0 fully saturated rings. The average molecular weight is 253 g/mol. The molecule has 18 heavy (non-hydrogen) atoms. The highest BCUT2D eigenvalue weighted by molar-refractivity contribution is 5.47. The Morgan fingerprint density at radius 2 is 1.78 bits per heavy atom. The quantitative estimate of drug-likeness (QED) is 0.782. The summed E-state index contributed by atoms with van der Waals surface area (Å²) in [4.78, 5) is 0. The largest absolute Gasteiger partial charge is 0.496 e. The lowest BCUT2D eigenvalue weighted by Crippen LogP contribution is -2.27. The minimum atomic E-state index is -0.588. The molecule has 0 aliphatic rings. The highest BCUT2D eigenvalue weighted by Crippen LogP contribution is 2.35. The van der Waals surface area contributed by atoms with E-state index in [0.717, 1.165) is 18.4 Å². The number of ether oxygens (including phenoxy) is 2. The monoisotopic (exact) mass is 253 g/mol. The van der Waals surface area contributed by atoms with E-state index in [0.29, 0.717) is 17.9 Å². The zero-order chi connectivity index (χ0) is 13.5. The first-order valence-corrected chi connectivity index (χ1v) is 6.30. The molecule has 0 unspecified atom stereocenters. The number of rotatable bonds is 7. The summed E-state index contributed by atoms with van der Waals surface area (Å²) >= 11 is 0. The molecule has 0 saturated heterocycles. The van der Waals surface area contributed by atoms with Crippen LogP contribution in [0.25, 0.3) is 0 Å². The van der Waals surface area contributed by atoms with E-state index in [1.54, 1.807) is 14.2 Å². The van der Waals surface area contributed by atoms with E-state index < -0.39 is 12.1 Å². The summed E-state index contributed by atoms with van der Waals surface area (Å²) in [5, 5.41) is 10.1. The Morgan fingerprint density at radius 1 is 1.22 bits per heavy atom. The minimum absolute atomic E-state index is 0.498. The number of aliphatic hydroxyl groups excluding tert-OH is 1. The van der Waals surface area contributed by atoms with E-state index in [1.807, 2.05) is 18.2 Å². The van der Waals surface area contributed by atoms with Gasteiger partial charge in [-0.15, -0.1) is 0 Å². The van der Waals surface area contributed by atoms with Crippen LogP contribution in [0, 0.1) is 0 Å². The molecular formula is C14H23NO3. The molecule has 1 rings (SSSR count). The van der Waals surface area contributed by atoms with E-state index in [-0.39, 0.29) is 0 Å². The Kier molecular flexibility index (Phi) is 5.95. The first-order chi connectivity index (χ1) is 8.65. The normalized spacial score (nSPS) is 14.1. The molecule has 0 spiro atoms. The van der Waals surface area contributed by atoms with Gasteiger partial charge in [0, 0.05) is 0 Å². The van der Waals surface area contributed by atoms with E-state index in [4.69, 9.17) is 15.2 Å². The molecule has 0 radical (unpaired) electrons. The number of methoxy groups -OCH3 is 2. The molecule has 4 nitrogen and oxygen atoms in total. The van der Waals surface area contributed by atoms with Crippen molar-refractivity contribution in [3.05, 3.63) is 23.8 Å². The SMILES string of the molecule is CCCC[C@H](O)[C@H](N)c1c(OC)cccc1OC. The highest BCUT2D eigenvalue weighted by Gasteiger charge is 2.23. The van der Waals surface area contributed by atoms with Crippen LogP contribution in [0.3, 0.4) is 0 Å². The molecule has 4 heteroatoms. The molecule has 1 aromatic carbocycles. The van der Waals surface area contributed by atoms with Gasteiger partial charge in [0.05, 0.1) is 31.9 Å². The molecule has 2 atom stereocenters. The third-order valence-corrected chi connectivity index (χ3v) is 3.07. The molecule has 0 aliphatic heterocycles. The number of unbranched alkanes of at least 4 members (excludes halogenated alkanes) is 1. The van der Waals surface area contributed by atoms with Crippen molar-refractivity contribution in [2.45, 2.75) is 38.3 Å². The van der Waals surface area contributed by atoms with Crippen molar-refractivity contribution in [2.75, 3.05) is 14.2 Å². The summed E-state index contributed by atoms with van der Waals surface area (Å²) in [6.07, 6.45) is 2.08. The lowest BCUT2D eigenvalue weighted by atomic mass is 9.96. The molecular weight excluding hydrogens is 230 g/mol. The third kappa shape index (κ3) is 3.37. The molecule has 0 saturated carbocycles. The maximum absolute atomic E-state index is 10.1. The zero-order valence-corrected chi connectivity index (χ0v) is 11.3. The maximum Gasteiger partial charge on any atom is 0.127 e. The predicted molar refractivity (Wildman–Crippen MR) is 72.0 cm³/mol. The Hall–Kier alpha value is -1.26. The van der Waals surface area contributed by atoms with E-state index in [2.05, 4.69) is 6.92 Å². The van der Waals surface area contributed by atoms with Gasteiger partial charge in [0.25, 0.3) is 0 Å². The number of aliphatic hydroxyl groups is 1. The number of hydrogen-bond acceptors (Lipinski definition) is 4. The standard InChI is InChI=1S/C14H23NO3/c1-4-5-7-10(16)14(15)13-11(17-2)8-6-9-12(13)18-3/h6,8-10,14,16H,4-5,7,15H2,1-3H3/t10-,14-/m0/s1. The first kappa shape index (κ1) is 14.8. The molecule has 0 bridgehead atoms. The van der Waals surface area contributed by atoms with Crippen molar-refractivity contribution in [3.63, 3.8) is 0 Å². The minimum Gasteiger partial charge on any atom is -0.496 e. The molecule has 0 aromatic heterocycles. The van der Waals surface area contributed by atoms with Crippen molar-refractivity contribution < 1.29 is 14.6 Å². The second-order valence-electron chi connectivity index (χ2n) is 4.31. The van der Waals surface area contributed by atoms with Crippen molar-refractivity contribution in [2.24, 2.45) is 5.73 Å². The van der Waals surface area contributed by atoms with E-state index in [1.165, 1.54) is 0 Å². The summed E-state index contributed by atoms with van der Waals surface area (Å²) in [6.45, 7) is 2.09. The number of nitrogens with two attached hydrogens (primary N) is 1. The summed E-state index contributed by atoms with van der Waals surface area (Å²) in [7, 11) is 3.17. The fraction of sp³-hybridized carbons (Fsp3) is 0.571. The number of benzene rings is 1. The van der Waals surface area contributed by atoms with Crippen LogP contribution in [0.2, 0.25) is 0 Å². The molecule has 0 heterocycles. The van der Waals surface area contributed by atoms with Crippen LogP contribution in [0.1, 0.15) is 37.8 Å². The predicted octanol–water partition coefficient (Wildman–Crippen LogP) is 2.25. The van der Waals surface area contributed by atoms with Crippen LogP contribution in [-0.2, 0) is 0 Å². The summed E-state index contributed by atoms with van der Waals surface area (Å²) in [5.74, 6) is 1.30. The Morgan fingerprint density at radius 3 is 2.22 bits per heavy atom. The van der Waals surface area contributed by atoms with Gasteiger partial charge in [-0.25, -0.2) is 0 Å². The summed E-state index contributed by atoms with van der Waals surface area (Å²) in [6, 6.07) is 4.99. The van der Waals surface area contributed by atoms with Crippen molar-refractivity contribution >= 4 is 0 Å². The number of hydrogen-bond donors (Lipinski definition) is 2. The third-order valence-electron chi connectivity index (χ3n) is 3.07. The van der Waals surface area contributed by atoms with Gasteiger partial charge in [-0.1, -0.05) is 25.8 Å². The first-order valence-electron chi connectivity index (χ1n) is 6.30. The smallest absolute Gasteiger partial charge is 0.127 e. The fourth-order valence-corrected chi connectivity index (χ4v) is 1.99. The van der Waals surface area contributed by atoms with E-state index in [9.17, 15) is 5.11 Å². The second kappa shape index (κ2) is 7.24. The molecule has 102 valence electrons. The van der Waals surface area contributed by atoms with Crippen molar-refractivity contribution in [1.29, 1.82) is 0 Å². The summed E-state index contributed by atoms with van der Waals surface area (Å²) in [5.41, 5.74) is 6.85.